The molecule has 0 aliphatic heterocycles. The van der Waals surface area contributed by atoms with Crippen LogP contribution in [0.3, 0.4) is 0 Å². The van der Waals surface area contributed by atoms with Crippen LogP contribution in [0.4, 0.5) is 0 Å². The largest absolute Gasteiger partial charge is 0.282 e. The third-order valence-corrected chi connectivity index (χ3v) is 4.61. The summed E-state index contributed by atoms with van der Waals surface area (Å²) in [6.07, 6.45) is 1.15. The zero-order chi connectivity index (χ0) is 12.2. The topological polar surface area (TPSA) is 54.5 Å². The van der Waals surface area contributed by atoms with E-state index in [2.05, 4.69) is 6.58 Å². The van der Waals surface area contributed by atoms with E-state index in [1.165, 1.54) is 11.4 Å². The highest BCUT2D eigenvalue weighted by Crippen LogP contribution is 2.13. The van der Waals surface area contributed by atoms with Crippen LogP contribution in [0, 0.1) is 0 Å². The predicted octanol–water partition coefficient (Wildman–Crippen LogP) is 1.10. The van der Waals surface area contributed by atoms with Crippen molar-refractivity contribution < 1.29 is 13.2 Å². The quantitative estimate of drug-likeness (QED) is 0.687. The number of thioether (sulfide) groups is 1. The van der Waals surface area contributed by atoms with Gasteiger partial charge in [0.1, 0.15) is 0 Å². The second-order valence-electron chi connectivity index (χ2n) is 3.51. The molecule has 4 nitrogen and oxygen atoms in total. The maximum absolute atomic E-state index is 11.2. The van der Waals surface area contributed by atoms with Crippen LogP contribution in [0.15, 0.2) is 12.2 Å². The molecule has 0 amide bonds. The van der Waals surface area contributed by atoms with E-state index >= 15 is 0 Å². The van der Waals surface area contributed by atoms with Gasteiger partial charge in [-0.25, -0.2) is 12.7 Å². The van der Waals surface area contributed by atoms with Crippen molar-refractivity contribution in [2.75, 3.05) is 19.1 Å². The summed E-state index contributed by atoms with van der Waals surface area (Å²) in [5, 5.41) is -0.0937. The fourth-order valence-corrected chi connectivity index (χ4v) is 2.44. The van der Waals surface area contributed by atoms with E-state index in [0.717, 1.165) is 18.0 Å². The maximum atomic E-state index is 11.2. The van der Waals surface area contributed by atoms with Crippen LogP contribution < -0.4 is 0 Å². The number of hydrogen-bond acceptors (Lipinski definition) is 4. The lowest BCUT2D eigenvalue weighted by atomic mass is 10.4. The summed E-state index contributed by atoms with van der Waals surface area (Å²) in [6.45, 7) is 6.93. The van der Waals surface area contributed by atoms with E-state index in [0.29, 0.717) is 11.3 Å². The minimum atomic E-state index is -3.18. The van der Waals surface area contributed by atoms with Crippen molar-refractivity contribution in [1.29, 1.82) is 0 Å². The minimum Gasteiger partial charge on any atom is -0.282 e. The first kappa shape index (κ1) is 14.7. The lowest BCUT2D eigenvalue weighted by molar-refractivity contribution is -0.107. The van der Waals surface area contributed by atoms with Gasteiger partial charge in [-0.3, -0.25) is 4.79 Å². The number of hydrogen-bond donors (Lipinski definition) is 0. The molecular formula is C9H17NO3S2. The second-order valence-corrected chi connectivity index (χ2v) is 6.54. The fraction of sp³-hybridized carbons (Fsp3) is 0.667. The zero-order valence-corrected chi connectivity index (χ0v) is 11.1. The van der Waals surface area contributed by atoms with E-state index in [9.17, 15) is 13.2 Å². The van der Waals surface area contributed by atoms with Gasteiger partial charge >= 0.3 is 0 Å². The Bertz CT molecular complexity index is 348. The van der Waals surface area contributed by atoms with Crippen LogP contribution in [-0.2, 0) is 14.8 Å². The lowest BCUT2D eigenvalue weighted by Crippen LogP contribution is -2.36. The molecule has 0 rings (SSSR count). The molecule has 6 heteroatoms. The molecule has 0 fully saturated rings. The Hall–Kier alpha value is -0.330. The Morgan fingerprint density at radius 1 is 1.53 bits per heavy atom. The fourth-order valence-electron chi connectivity index (χ4n) is 0.751. The molecular weight excluding hydrogens is 234 g/mol. The van der Waals surface area contributed by atoms with Gasteiger partial charge in [0.15, 0.2) is 0 Å². The van der Waals surface area contributed by atoms with Gasteiger partial charge in [-0.1, -0.05) is 18.3 Å². The van der Waals surface area contributed by atoms with Gasteiger partial charge < -0.3 is 0 Å². The second kappa shape index (κ2) is 5.67. The van der Waals surface area contributed by atoms with Crippen molar-refractivity contribution in [3.63, 3.8) is 0 Å². The summed E-state index contributed by atoms with van der Waals surface area (Å²) in [6, 6.07) is -0.201. The molecule has 0 aliphatic carbocycles. The molecule has 0 radical (unpaired) electrons. The van der Waals surface area contributed by atoms with Crippen LogP contribution >= 0.6 is 11.8 Å². The lowest BCUT2D eigenvalue weighted by Gasteiger charge is -2.21. The van der Waals surface area contributed by atoms with E-state index in [-0.39, 0.29) is 11.2 Å². The molecule has 0 aliphatic rings. The van der Waals surface area contributed by atoms with Crippen molar-refractivity contribution in [2.45, 2.75) is 19.9 Å². The summed E-state index contributed by atoms with van der Waals surface area (Å²) in [4.78, 5) is 11.2. The minimum absolute atomic E-state index is 0.0937. The molecule has 88 valence electrons. The first-order valence-corrected chi connectivity index (χ1v) is 7.25. The average Bonchev–Trinajstić information content (AvgIpc) is 2.10. The summed E-state index contributed by atoms with van der Waals surface area (Å²) in [5.41, 5.74) is 0.481. The van der Waals surface area contributed by atoms with Crippen molar-refractivity contribution in [2.24, 2.45) is 0 Å². The first-order chi connectivity index (χ1) is 6.66. The molecule has 0 saturated heterocycles. The third kappa shape index (κ3) is 5.34. The Morgan fingerprint density at radius 2 is 2.00 bits per heavy atom. The molecule has 0 aromatic carbocycles. The van der Waals surface area contributed by atoms with Crippen LogP contribution in [0.1, 0.15) is 13.8 Å². The monoisotopic (exact) mass is 251 g/mol. The summed E-state index contributed by atoms with van der Waals surface area (Å²) >= 11 is 1.09. The smallest absolute Gasteiger partial charge is 0.214 e. The van der Waals surface area contributed by atoms with Crippen molar-refractivity contribution in [1.82, 2.24) is 4.31 Å². The number of sulfonamides is 1. The number of carbonyl (C=O) groups is 1. The van der Waals surface area contributed by atoms with E-state index in [4.69, 9.17) is 0 Å². The molecule has 1 unspecified atom stereocenters. The Labute approximate surface area is 95.8 Å². The number of rotatable bonds is 5. The Balaban J connectivity index is 4.22. The van der Waals surface area contributed by atoms with Gasteiger partial charge in [0.25, 0.3) is 0 Å². The third-order valence-electron chi connectivity index (χ3n) is 1.95. The Kier molecular flexibility index (Phi) is 5.55. The van der Waals surface area contributed by atoms with Crippen LogP contribution in [0.2, 0.25) is 0 Å². The van der Waals surface area contributed by atoms with Gasteiger partial charge in [-0.15, -0.1) is 0 Å². The molecule has 0 aromatic rings. The molecule has 0 saturated carbocycles. The Morgan fingerprint density at radius 3 is 2.33 bits per heavy atom. The number of carbonyl (C=O) groups excluding carboxylic acids is 1. The molecule has 0 heterocycles. The van der Waals surface area contributed by atoms with Gasteiger partial charge in [0.2, 0.25) is 15.1 Å². The average molecular weight is 251 g/mol. The van der Waals surface area contributed by atoms with E-state index in [1.807, 2.05) is 0 Å². The highest BCUT2D eigenvalue weighted by atomic mass is 32.2. The van der Waals surface area contributed by atoms with Crippen LogP contribution in [-0.4, -0.2) is 42.9 Å². The normalized spacial score (nSPS) is 13.9. The summed E-state index contributed by atoms with van der Waals surface area (Å²) in [5.74, 6) is 0.440. The molecule has 15 heavy (non-hydrogen) atoms. The number of nitrogens with zero attached hydrogens (tertiary/aromatic N) is 1. The van der Waals surface area contributed by atoms with Crippen LogP contribution in [0.5, 0.6) is 0 Å². The molecule has 0 bridgehead atoms. The van der Waals surface area contributed by atoms with Gasteiger partial charge in [0.05, 0.1) is 6.26 Å². The first-order valence-electron chi connectivity index (χ1n) is 4.42. The molecule has 0 aromatic heterocycles. The highest BCUT2D eigenvalue weighted by Gasteiger charge is 2.19. The van der Waals surface area contributed by atoms with Gasteiger partial charge in [0, 0.05) is 18.8 Å². The molecule has 0 spiro atoms. The summed E-state index contributed by atoms with van der Waals surface area (Å²) < 4.78 is 23.6. The van der Waals surface area contributed by atoms with Crippen molar-refractivity contribution >= 4 is 26.9 Å². The zero-order valence-electron chi connectivity index (χ0n) is 9.48. The highest BCUT2D eigenvalue weighted by molar-refractivity contribution is 8.14. The molecule has 1 atom stereocenters. The van der Waals surface area contributed by atoms with Crippen LogP contribution in [0.25, 0.3) is 0 Å². The van der Waals surface area contributed by atoms with E-state index < -0.39 is 10.0 Å². The molecule has 0 N–H and O–H groups in total. The summed E-state index contributed by atoms with van der Waals surface area (Å²) in [7, 11) is -1.68. The maximum Gasteiger partial charge on any atom is 0.214 e. The van der Waals surface area contributed by atoms with Gasteiger partial charge in [-0.05, 0) is 19.4 Å². The van der Waals surface area contributed by atoms with Crippen molar-refractivity contribution in [3.8, 4) is 0 Å². The van der Waals surface area contributed by atoms with E-state index in [1.54, 1.807) is 13.8 Å². The van der Waals surface area contributed by atoms with Crippen molar-refractivity contribution in [3.05, 3.63) is 12.2 Å². The SMILES string of the molecule is C=C(C)C(=O)SCC(C)N(C)S(C)(=O)=O. The predicted molar refractivity (Wildman–Crippen MR) is 64.3 cm³/mol. The standard InChI is InChI=1S/C9H17NO3S2/c1-7(2)9(11)14-6-8(3)10(4)15(5,12)13/h8H,1,6H2,2-5H3. The van der Waals surface area contributed by atoms with Gasteiger partial charge in [-0.2, -0.15) is 0 Å².